The Morgan fingerprint density at radius 3 is 2.96 bits per heavy atom. The maximum atomic E-state index is 12.7. The molecule has 0 saturated carbocycles. The number of hydrogen-bond donors (Lipinski definition) is 1. The number of H-pyrrole nitrogens is 1. The summed E-state index contributed by atoms with van der Waals surface area (Å²) < 4.78 is 3.22. The van der Waals surface area contributed by atoms with Gasteiger partial charge in [-0.1, -0.05) is 6.42 Å². The van der Waals surface area contributed by atoms with Crippen molar-refractivity contribution < 1.29 is 4.79 Å². The highest BCUT2D eigenvalue weighted by atomic mass is 79.9. The molecule has 1 atom stereocenters. The first-order chi connectivity index (χ1) is 11.7. The second-order valence-corrected chi connectivity index (χ2v) is 7.67. The van der Waals surface area contributed by atoms with Gasteiger partial charge in [0.05, 0.1) is 0 Å². The molecule has 2 aromatic heterocycles. The summed E-state index contributed by atoms with van der Waals surface area (Å²) in [4.78, 5) is 17.7. The summed E-state index contributed by atoms with van der Waals surface area (Å²) >= 11 is 3.39. The number of fused-ring (bicyclic) bond motifs is 1. The molecular weight excluding hydrogens is 370 g/mol. The third-order valence-electron chi connectivity index (χ3n) is 5.09. The van der Waals surface area contributed by atoms with Crippen molar-refractivity contribution in [3.63, 3.8) is 0 Å². The standard InChI is InChI=1S/C17H22BrN5O/c18-13-9-14(19-10-13)17(24)22-7-4-5-12(11-22)16-21-20-15-6-2-1-3-8-23(15)16/h9-10,12,19H,1-8,11H2. The molecule has 24 heavy (non-hydrogen) atoms. The van der Waals surface area contributed by atoms with Crippen LogP contribution in [-0.2, 0) is 13.0 Å². The molecule has 128 valence electrons. The summed E-state index contributed by atoms with van der Waals surface area (Å²) in [5, 5.41) is 8.91. The van der Waals surface area contributed by atoms with E-state index in [4.69, 9.17) is 0 Å². The van der Waals surface area contributed by atoms with Gasteiger partial charge in [0.15, 0.2) is 0 Å². The lowest BCUT2D eigenvalue weighted by molar-refractivity contribution is 0.0698. The van der Waals surface area contributed by atoms with Crippen molar-refractivity contribution in [3.8, 4) is 0 Å². The first-order valence-corrected chi connectivity index (χ1v) is 9.57. The maximum absolute atomic E-state index is 12.7. The fraction of sp³-hybridized carbons (Fsp3) is 0.588. The van der Waals surface area contributed by atoms with Crippen molar-refractivity contribution in [1.82, 2.24) is 24.6 Å². The van der Waals surface area contributed by atoms with Crippen LogP contribution in [0.15, 0.2) is 16.7 Å². The zero-order valence-electron chi connectivity index (χ0n) is 13.7. The highest BCUT2D eigenvalue weighted by Gasteiger charge is 2.30. The number of hydrogen-bond acceptors (Lipinski definition) is 3. The number of aromatic nitrogens is 4. The Balaban J connectivity index is 1.53. The van der Waals surface area contributed by atoms with Crippen LogP contribution in [0.3, 0.4) is 0 Å². The van der Waals surface area contributed by atoms with Crippen molar-refractivity contribution in [2.75, 3.05) is 13.1 Å². The van der Waals surface area contributed by atoms with Gasteiger partial charge in [-0.3, -0.25) is 4.79 Å². The number of amides is 1. The normalized spacial score (nSPS) is 21.4. The van der Waals surface area contributed by atoms with Crippen LogP contribution < -0.4 is 0 Å². The van der Waals surface area contributed by atoms with Gasteiger partial charge in [-0.15, -0.1) is 10.2 Å². The third kappa shape index (κ3) is 3.01. The van der Waals surface area contributed by atoms with Gasteiger partial charge in [0.1, 0.15) is 17.3 Å². The quantitative estimate of drug-likeness (QED) is 0.854. The minimum Gasteiger partial charge on any atom is -0.356 e. The number of nitrogens with zero attached hydrogens (tertiary/aromatic N) is 4. The van der Waals surface area contributed by atoms with Crippen LogP contribution >= 0.6 is 15.9 Å². The largest absolute Gasteiger partial charge is 0.356 e. The minimum atomic E-state index is 0.0704. The number of nitrogens with one attached hydrogen (secondary N) is 1. The lowest BCUT2D eigenvalue weighted by Gasteiger charge is -2.32. The van der Waals surface area contributed by atoms with Crippen molar-refractivity contribution in [1.29, 1.82) is 0 Å². The topological polar surface area (TPSA) is 66.8 Å². The van der Waals surface area contributed by atoms with E-state index in [2.05, 4.69) is 35.7 Å². The zero-order valence-corrected chi connectivity index (χ0v) is 15.3. The van der Waals surface area contributed by atoms with Crippen LogP contribution in [0.2, 0.25) is 0 Å². The van der Waals surface area contributed by atoms with Crippen molar-refractivity contribution >= 4 is 21.8 Å². The molecule has 1 fully saturated rings. The number of halogens is 1. The summed E-state index contributed by atoms with van der Waals surface area (Å²) in [6, 6.07) is 1.84. The van der Waals surface area contributed by atoms with E-state index >= 15 is 0 Å². The van der Waals surface area contributed by atoms with E-state index in [9.17, 15) is 4.79 Å². The summed E-state index contributed by atoms with van der Waals surface area (Å²) in [6.07, 6.45) is 8.58. The van der Waals surface area contributed by atoms with Crippen molar-refractivity contribution in [2.45, 2.75) is 51.0 Å². The van der Waals surface area contributed by atoms with E-state index in [0.717, 1.165) is 55.0 Å². The number of rotatable bonds is 2. The molecule has 1 unspecified atom stereocenters. The molecule has 0 aliphatic carbocycles. The van der Waals surface area contributed by atoms with Gasteiger partial charge in [0.25, 0.3) is 5.91 Å². The summed E-state index contributed by atoms with van der Waals surface area (Å²) in [7, 11) is 0. The zero-order chi connectivity index (χ0) is 16.5. The fourth-order valence-corrected chi connectivity index (χ4v) is 4.19. The van der Waals surface area contributed by atoms with E-state index in [1.165, 1.54) is 19.3 Å². The molecule has 7 heteroatoms. The van der Waals surface area contributed by atoms with E-state index in [1.807, 2.05) is 11.0 Å². The van der Waals surface area contributed by atoms with E-state index < -0.39 is 0 Å². The number of aryl methyl sites for hydroxylation is 1. The van der Waals surface area contributed by atoms with E-state index in [1.54, 1.807) is 6.20 Å². The summed E-state index contributed by atoms with van der Waals surface area (Å²) in [6.45, 7) is 2.56. The summed E-state index contributed by atoms with van der Waals surface area (Å²) in [5.41, 5.74) is 0.641. The molecular formula is C17H22BrN5O. The Morgan fingerprint density at radius 2 is 2.12 bits per heavy atom. The van der Waals surface area contributed by atoms with Gasteiger partial charge in [-0.05, 0) is 47.7 Å². The lowest BCUT2D eigenvalue weighted by atomic mass is 9.96. The molecule has 2 aliphatic heterocycles. The second kappa shape index (κ2) is 6.70. The van der Waals surface area contributed by atoms with Gasteiger partial charge in [0, 0.05) is 42.6 Å². The van der Waals surface area contributed by atoms with Gasteiger partial charge < -0.3 is 14.5 Å². The Labute approximate surface area is 149 Å². The lowest BCUT2D eigenvalue weighted by Crippen LogP contribution is -2.40. The van der Waals surface area contributed by atoms with Crippen LogP contribution in [0, 0.1) is 0 Å². The highest BCUT2D eigenvalue weighted by molar-refractivity contribution is 9.10. The molecule has 1 saturated heterocycles. The molecule has 0 bridgehead atoms. The number of carbonyl (C=O) groups excluding carboxylic acids is 1. The average Bonchev–Trinajstić information content (AvgIpc) is 3.14. The van der Waals surface area contributed by atoms with Gasteiger partial charge >= 0.3 is 0 Å². The molecule has 0 radical (unpaired) electrons. The Bertz CT molecular complexity index is 737. The van der Waals surface area contributed by atoms with Gasteiger partial charge in [-0.2, -0.15) is 0 Å². The molecule has 0 spiro atoms. The van der Waals surface area contributed by atoms with Gasteiger partial charge in [-0.25, -0.2) is 0 Å². The van der Waals surface area contributed by atoms with Crippen LogP contribution in [0.1, 0.15) is 60.2 Å². The van der Waals surface area contributed by atoms with Crippen molar-refractivity contribution in [2.24, 2.45) is 0 Å². The molecule has 0 aromatic carbocycles. The van der Waals surface area contributed by atoms with Gasteiger partial charge in [0.2, 0.25) is 0 Å². The maximum Gasteiger partial charge on any atom is 0.270 e. The molecule has 4 rings (SSSR count). The molecule has 1 amide bonds. The van der Waals surface area contributed by atoms with Crippen LogP contribution in [-0.4, -0.2) is 43.6 Å². The molecule has 2 aliphatic rings. The summed E-state index contributed by atoms with van der Waals surface area (Å²) in [5.74, 6) is 2.57. The molecule has 1 N–H and O–H groups in total. The SMILES string of the molecule is O=C(c1cc(Br)c[nH]1)N1CCCC(c2nnc3n2CCCCC3)C1. The predicted octanol–water partition coefficient (Wildman–Crippen LogP) is 3.11. The van der Waals surface area contributed by atoms with E-state index in [0.29, 0.717) is 11.6 Å². The number of piperidine rings is 1. The van der Waals surface area contributed by atoms with Crippen LogP contribution in [0.25, 0.3) is 0 Å². The first kappa shape index (κ1) is 15.9. The average molecular weight is 392 g/mol. The smallest absolute Gasteiger partial charge is 0.270 e. The Morgan fingerprint density at radius 1 is 1.21 bits per heavy atom. The molecule has 4 heterocycles. The predicted molar refractivity (Wildman–Crippen MR) is 93.9 cm³/mol. The fourth-order valence-electron chi connectivity index (χ4n) is 3.84. The minimum absolute atomic E-state index is 0.0704. The Kier molecular flexibility index (Phi) is 4.43. The first-order valence-electron chi connectivity index (χ1n) is 8.77. The van der Waals surface area contributed by atoms with Crippen LogP contribution in [0.4, 0.5) is 0 Å². The highest BCUT2D eigenvalue weighted by Crippen LogP contribution is 2.28. The monoisotopic (exact) mass is 391 g/mol. The number of aromatic amines is 1. The number of carbonyl (C=O) groups is 1. The molecule has 2 aromatic rings. The van der Waals surface area contributed by atoms with Crippen molar-refractivity contribution in [3.05, 3.63) is 34.1 Å². The third-order valence-corrected chi connectivity index (χ3v) is 5.55. The van der Waals surface area contributed by atoms with Crippen LogP contribution in [0.5, 0.6) is 0 Å². The Hall–Kier alpha value is -1.63. The molecule has 6 nitrogen and oxygen atoms in total. The second-order valence-electron chi connectivity index (χ2n) is 6.76. The number of likely N-dealkylation sites (tertiary alicyclic amines) is 1. The van der Waals surface area contributed by atoms with E-state index in [-0.39, 0.29) is 5.91 Å².